The molecule has 2 N–H and O–H groups in total. The smallest absolute Gasteiger partial charge is 0.338 e. The Kier molecular flexibility index (Phi) is 4.76. The van der Waals surface area contributed by atoms with Gasteiger partial charge in [-0.2, -0.15) is 0 Å². The van der Waals surface area contributed by atoms with Gasteiger partial charge in [0, 0.05) is 5.70 Å². The van der Waals surface area contributed by atoms with Crippen molar-refractivity contribution in [2.45, 2.75) is 19.9 Å². The molecule has 24 heavy (non-hydrogen) atoms. The third-order valence-electron chi connectivity index (χ3n) is 3.30. The van der Waals surface area contributed by atoms with Crippen LogP contribution in [0.1, 0.15) is 25.5 Å². The van der Waals surface area contributed by atoms with Gasteiger partial charge in [0.05, 0.1) is 23.8 Å². The van der Waals surface area contributed by atoms with Crippen LogP contribution in [0.25, 0.3) is 0 Å². The van der Waals surface area contributed by atoms with Gasteiger partial charge in [-0.3, -0.25) is 0 Å². The van der Waals surface area contributed by atoms with E-state index in [0.717, 1.165) is 0 Å². The van der Waals surface area contributed by atoms with Gasteiger partial charge in [0.25, 0.3) is 0 Å². The second-order valence-corrected chi connectivity index (χ2v) is 4.77. The third kappa shape index (κ3) is 2.79. The second kappa shape index (κ2) is 6.46. The molecule has 1 heterocycles. The zero-order chi connectivity index (χ0) is 18.2. The first-order valence-electron chi connectivity index (χ1n) is 6.67. The van der Waals surface area contributed by atoms with Gasteiger partial charge >= 0.3 is 12.0 Å². The maximum Gasteiger partial charge on any atom is 0.338 e. The van der Waals surface area contributed by atoms with E-state index in [0.29, 0.717) is 0 Å². The van der Waals surface area contributed by atoms with Gasteiger partial charge in [0.1, 0.15) is 0 Å². The molecule has 1 unspecified atom stereocenters. The number of carbonyl (C=O) groups excluding carboxylic acids is 2. The van der Waals surface area contributed by atoms with Crippen molar-refractivity contribution in [1.82, 2.24) is 10.6 Å². The summed E-state index contributed by atoms with van der Waals surface area (Å²) in [7, 11) is 0. The number of halogens is 5. The van der Waals surface area contributed by atoms with Crippen molar-refractivity contribution in [3.05, 3.63) is 45.9 Å². The number of nitrogens with one attached hydrogen (secondary N) is 2. The number of esters is 1. The topological polar surface area (TPSA) is 67.4 Å². The summed E-state index contributed by atoms with van der Waals surface area (Å²) >= 11 is 0. The molecule has 2 rings (SSSR count). The van der Waals surface area contributed by atoms with Gasteiger partial charge in [0.2, 0.25) is 5.82 Å². The molecule has 0 spiro atoms. The lowest BCUT2D eigenvalue weighted by Gasteiger charge is -2.28. The third-order valence-corrected chi connectivity index (χ3v) is 3.30. The Balaban J connectivity index is 2.71. The van der Waals surface area contributed by atoms with Crippen molar-refractivity contribution in [3.8, 4) is 0 Å². The van der Waals surface area contributed by atoms with Crippen LogP contribution in [0.4, 0.5) is 26.7 Å². The van der Waals surface area contributed by atoms with Gasteiger partial charge in [-0.25, -0.2) is 31.5 Å². The number of benzene rings is 1. The number of hydrogen-bond donors (Lipinski definition) is 2. The summed E-state index contributed by atoms with van der Waals surface area (Å²) in [6.07, 6.45) is 0. The van der Waals surface area contributed by atoms with Gasteiger partial charge < -0.3 is 15.4 Å². The first-order chi connectivity index (χ1) is 11.2. The Labute approximate surface area is 132 Å². The van der Waals surface area contributed by atoms with Crippen LogP contribution in [0.2, 0.25) is 0 Å². The molecule has 130 valence electrons. The molecule has 2 amide bonds. The summed E-state index contributed by atoms with van der Waals surface area (Å²) in [6, 6.07) is -2.88. The molecule has 0 saturated heterocycles. The molecule has 0 bridgehead atoms. The highest BCUT2D eigenvalue weighted by molar-refractivity contribution is 5.95. The molecule has 0 radical (unpaired) electrons. The molecule has 0 saturated carbocycles. The summed E-state index contributed by atoms with van der Waals surface area (Å²) in [5.41, 5.74) is -1.95. The van der Waals surface area contributed by atoms with Crippen LogP contribution in [0.5, 0.6) is 0 Å². The Hall–Kier alpha value is -2.65. The molecule has 1 aliphatic heterocycles. The van der Waals surface area contributed by atoms with E-state index in [4.69, 9.17) is 4.74 Å². The summed E-state index contributed by atoms with van der Waals surface area (Å²) < 4.78 is 72.7. The maximum absolute atomic E-state index is 14.0. The fourth-order valence-corrected chi connectivity index (χ4v) is 2.27. The van der Waals surface area contributed by atoms with Crippen LogP contribution < -0.4 is 10.6 Å². The highest BCUT2D eigenvalue weighted by atomic mass is 19.2. The first kappa shape index (κ1) is 17.7. The number of allylic oxidation sites excluding steroid dienone is 1. The van der Waals surface area contributed by atoms with Crippen LogP contribution in [-0.4, -0.2) is 18.6 Å². The molecule has 1 aromatic carbocycles. The van der Waals surface area contributed by atoms with Gasteiger partial charge in [-0.05, 0) is 13.8 Å². The van der Waals surface area contributed by atoms with Crippen molar-refractivity contribution in [3.63, 3.8) is 0 Å². The summed E-state index contributed by atoms with van der Waals surface area (Å²) in [5, 5.41) is 4.13. The van der Waals surface area contributed by atoms with Gasteiger partial charge in [-0.1, -0.05) is 0 Å². The van der Waals surface area contributed by atoms with E-state index in [9.17, 15) is 31.5 Å². The Bertz CT molecular complexity index is 734. The van der Waals surface area contributed by atoms with Crippen molar-refractivity contribution >= 4 is 12.0 Å². The van der Waals surface area contributed by atoms with E-state index in [1.54, 1.807) is 0 Å². The monoisotopic (exact) mass is 350 g/mol. The number of carbonyl (C=O) groups is 2. The average molecular weight is 350 g/mol. The van der Waals surface area contributed by atoms with Crippen molar-refractivity contribution < 1.29 is 36.3 Å². The van der Waals surface area contributed by atoms with E-state index >= 15 is 0 Å². The normalized spacial score (nSPS) is 17.5. The zero-order valence-electron chi connectivity index (χ0n) is 12.4. The number of ether oxygens (including phenoxy) is 1. The molecule has 0 fully saturated rings. The minimum Gasteiger partial charge on any atom is -0.463 e. The molecular formula is C14H11F5N2O3. The van der Waals surface area contributed by atoms with Crippen molar-refractivity contribution in [2.24, 2.45) is 0 Å². The molecular weight excluding hydrogens is 339 g/mol. The van der Waals surface area contributed by atoms with Gasteiger partial charge in [0.15, 0.2) is 23.3 Å². The minimum atomic E-state index is -2.34. The number of amides is 2. The van der Waals surface area contributed by atoms with E-state index < -0.39 is 58.3 Å². The van der Waals surface area contributed by atoms with E-state index in [1.165, 1.54) is 13.8 Å². The van der Waals surface area contributed by atoms with E-state index in [2.05, 4.69) is 5.32 Å². The molecule has 10 heteroatoms. The van der Waals surface area contributed by atoms with E-state index in [-0.39, 0.29) is 12.3 Å². The summed E-state index contributed by atoms with van der Waals surface area (Å²) in [4.78, 5) is 23.5. The number of urea groups is 1. The van der Waals surface area contributed by atoms with Crippen LogP contribution >= 0.6 is 0 Å². The van der Waals surface area contributed by atoms with Crippen LogP contribution in [-0.2, 0) is 9.53 Å². The lowest BCUT2D eigenvalue weighted by Crippen LogP contribution is -2.46. The average Bonchev–Trinajstić information content (AvgIpc) is 2.51. The molecule has 0 aliphatic carbocycles. The zero-order valence-corrected chi connectivity index (χ0v) is 12.4. The largest absolute Gasteiger partial charge is 0.463 e. The van der Waals surface area contributed by atoms with E-state index in [1.807, 2.05) is 5.32 Å². The fraction of sp³-hybridized carbons (Fsp3) is 0.286. The highest BCUT2D eigenvalue weighted by Crippen LogP contribution is 2.34. The molecule has 5 nitrogen and oxygen atoms in total. The summed E-state index contributed by atoms with van der Waals surface area (Å²) in [6.45, 7) is 2.58. The molecule has 0 aromatic heterocycles. The second-order valence-electron chi connectivity index (χ2n) is 4.77. The predicted octanol–water partition coefficient (Wildman–Crippen LogP) is 2.57. The molecule has 1 atom stereocenters. The molecule has 1 aromatic rings. The lowest BCUT2D eigenvalue weighted by atomic mass is 9.94. The maximum atomic E-state index is 14.0. The molecule has 1 aliphatic rings. The Morgan fingerprint density at radius 1 is 1.04 bits per heavy atom. The minimum absolute atomic E-state index is 0.104. The summed E-state index contributed by atoms with van der Waals surface area (Å²) in [5.74, 6) is -12.1. The van der Waals surface area contributed by atoms with Crippen molar-refractivity contribution in [1.29, 1.82) is 0 Å². The number of hydrogen-bond acceptors (Lipinski definition) is 3. The van der Waals surface area contributed by atoms with Gasteiger partial charge in [-0.15, -0.1) is 0 Å². The number of rotatable bonds is 3. The van der Waals surface area contributed by atoms with Crippen LogP contribution in [0, 0.1) is 29.1 Å². The highest BCUT2D eigenvalue weighted by Gasteiger charge is 2.39. The van der Waals surface area contributed by atoms with Crippen LogP contribution in [0.3, 0.4) is 0 Å². The quantitative estimate of drug-likeness (QED) is 0.381. The van der Waals surface area contributed by atoms with Crippen molar-refractivity contribution in [2.75, 3.05) is 6.61 Å². The van der Waals surface area contributed by atoms with Crippen LogP contribution in [0.15, 0.2) is 11.3 Å². The first-order valence-corrected chi connectivity index (χ1v) is 6.67. The Morgan fingerprint density at radius 2 is 1.54 bits per heavy atom. The standard InChI is InChI=1S/C14H11F5N2O3/c1-3-24-13(22)5-4(2)20-14(23)21-12(5)6-7(15)9(17)11(19)10(18)8(6)16/h12H,3H2,1-2H3,(H2,20,21,23). The predicted molar refractivity (Wildman–Crippen MR) is 70.0 cm³/mol. The fourth-order valence-electron chi connectivity index (χ4n) is 2.27. The lowest BCUT2D eigenvalue weighted by molar-refractivity contribution is -0.139. The SMILES string of the molecule is CCOC(=O)C1=C(C)NC(=O)NC1c1c(F)c(F)c(F)c(F)c1F. The Morgan fingerprint density at radius 3 is 2.04 bits per heavy atom.